The maximum absolute atomic E-state index is 13.5. The molecule has 2 aromatic carbocycles. The molecule has 2 aromatic rings. The van der Waals surface area contributed by atoms with Crippen molar-refractivity contribution in [2.24, 2.45) is 5.73 Å². The Kier molecular flexibility index (Phi) is 3.71. The number of primary amides is 1. The van der Waals surface area contributed by atoms with E-state index >= 15 is 0 Å². The molecule has 0 aliphatic carbocycles. The molecule has 0 saturated carbocycles. The molecule has 0 bridgehead atoms. The molecule has 0 spiro atoms. The molecule has 0 heterocycles. The first-order chi connectivity index (χ1) is 8.97. The van der Waals surface area contributed by atoms with Gasteiger partial charge in [-0.1, -0.05) is 15.9 Å². The lowest BCUT2D eigenvalue weighted by Crippen LogP contribution is -2.13. The predicted molar refractivity (Wildman–Crippen MR) is 73.5 cm³/mol. The monoisotopic (exact) mass is 324 g/mol. The maximum Gasteiger partial charge on any atom is 0.250 e. The molecule has 6 heteroatoms. The van der Waals surface area contributed by atoms with Gasteiger partial charge in [0.15, 0.2) is 11.6 Å². The van der Waals surface area contributed by atoms with Crippen molar-refractivity contribution in [2.75, 3.05) is 5.73 Å². The average Bonchev–Trinajstić information content (AvgIpc) is 2.36. The van der Waals surface area contributed by atoms with E-state index in [9.17, 15) is 9.18 Å². The minimum absolute atomic E-state index is 0.0366. The fourth-order valence-corrected chi connectivity index (χ4v) is 1.83. The fraction of sp³-hybridized carbons (Fsp3) is 0. The van der Waals surface area contributed by atoms with Gasteiger partial charge in [0.2, 0.25) is 0 Å². The number of nitrogens with two attached hydrogens (primary N) is 2. The number of ether oxygens (including phenoxy) is 1. The number of benzene rings is 2. The summed E-state index contributed by atoms with van der Waals surface area (Å²) in [5.41, 5.74) is 11.2. The van der Waals surface area contributed by atoms with Gasteiger partial charge in [0.25, 0.3) is 5.91 Å². The minimum atomic E-state index is -0.669. The van der Waals surface area contributed by atoms with Gasteiger partial charge in [-0.05, 0) is 36.4 Å². The summed E-state index contributed by atoms with van der Waals surface area (Å²) in [6, 6.07) is 8.69. The van der Waals surface area contributed by atoms with Gasteiger partial charge < -0.3 is 16.2 Å². The van der Waals surface area contributed by atoms with Gasteiger partial charge in [-0.25, -0.2) is 4.39 Å². The van der Waals surface area contributed by atoms with Crippen LogP contribution in [-0.4, -0.2) is 5.91 Å². The van der Waals surface area contributed by atoms with Crippen LogP contribution in [-0.2, 0) is 0 Å². The third-order valence-electron chi connectivity index (χ3n) is 2.41. The molecule has 4 N–H and O–H groups in total. The largest absolute Gasteiger partial charge is 0.454 e. The highest BCUT2D eigenvalue weighted by Crippen LogP contribution is 2.29. The zero-order valence-electron chi connectivity index (χ0n) is 9.69. The van der Waals surface area contributed by atoms with Crippen LogP contribution in [0.4, 0.5) is 10.1 Å². The van der Waals surface area contributed by atoms with Gasteiger partial charge in [-0.2, -0.15) is 0 Å². The van der Waals surface area contributed by atoms with Crippen LogP contribution in [0.15, 0.2) is 40.9 Å². The van der Waals surface area contributed by atoms with Gasteiger partial charge in [0.05, 0.1) is 5.56 Å². The first-order valence-electron chi connectivity index (χ1n) is 5.29. The molecule has 0 atom stereocenters. The van der Waals surface area contributed by atoms with Crippen LogP contribution in [0.1, 0.15) is 10.4 Å². The summed E-state index contributed by atoms with van der Waals surface area (Å²) in [5, 5.41) is 0. The first kappa shape index (κ1) is 13.4. The van der Waals surface area contributed by atoms with Crippen LogP contribution in [0.2, 0.25) is 0 Å². The Morgan fingerprint density at radius 3 is 2.63 bits per heavy atom. The smallest absolute Gasteiger partial charge is 0.250 e. The van der Waals surface area contributed by atoms with E-state index in [-0.39, 0.29) is 22.7 Å². The van der Waals surface area contributed by atoms with Gasteiger partial charge in [-0.3, -0.25) is 4.79 Å². The molecule has 19 heavy (non-hydrogen) atoms. The number of amides is 1. The van der Waals surface area contributed by atoms with Crippen molar-refractivity contribution < 1.29 is 13.9 Å². The zero-order chi connectivity index (χ0) is 14.0. The zero-order valence-corrected chi connectivity index (χ0v) is 11.3. The van der Waals surface area contributed by atoms with Crippen molar-refractivity contribution in [3.63, 3.8) is 0 Å². The Morgan fingerprint density at radius 1 is 1.21 bits per heavy atom. The minimum Gasteiger partial charge on any atom is -0.454 e. The molecule has 0 aromatic heterocycles. The molecule has 0 radical (unpaired) electrons. The van der Waals surface area contributed by atoms with E-state index in [1.165, 1.54) is 30.3 Å². The van der Waals surface area contributed by atoms with E-state index in [4.69, 9.17) is 16.2 Å². The van der Waals surface area contributed by atoms with Crippen LogP contribution in [0, 0.1) is 5.82 Å². The molecule has 98 valence electrons. The normalized spacial score (nSPS) is 10.2. The van der Waals surface area contributed by atoms with Crippen molar-refractivity contribution in [3.8, 4) is 11.5 Å². The number of nitrogen functional groups attached to an aromatic ring is 1. The lowest BCUT2D eigenvalue weighted by Gasteiger charge is -2.09. The number of hydrogen-bond acceptors (Lipinski definition) is 3. The van der Waals surface area contributed by atoms with E-state index in [0.717, 1.165) is 0 Å². The van der Waals surface area contributed by atoms with Crippen molar-refractivity contribution in [2.45, 2.75) is 0 Å². The molecule has 0 aliphatic rings. The van der Waals surface area contributed by atoms with E-state index in [1.54, 1.807) is 6.07 Å². The van der Waals surface area contributed by atoms with Crippen molar-refractivity contribution in [1.29, 1.82) is 0 Å². The second kappa shape index (κ2) is 5.27. The molecule has 1 amide bonds. The Bertz CT molecular complexity index is 647. The molecule has 2 rings (SSSR count). The average molecular weight is 325 g/mol. The van der Waals surface area contributed by atoms with Crippen LogP contribution < -0.4 is 16.2 Å². The lowest BCUT2D eigenvalue weighted by molar-refractivity contribution is 0.100. The Labute approximate surface area is 117 Å². The molecule has 4 nitrogen and oxygen atoms in total. The lowest BCUT2D eigenvalue weighted by atomic mass is 10.1. The summed E-state index contributed by atoms with van der Waals surface area (Å²) in [4.78, 5) is 11.2. The van der Waals surface area contributed by atoms with Gasteiger partial charge in [-0.15, -0.1) is 0 Å². The highest BCUT2D eigenvalue weighted by molar-refractivity contribution is 9.10. The summed E-state index contributed by atoms with van der Waals surface area (Å²) < 4.78 is 19.6. The molecule has 0 saturated heterocycles. The third kappa shape index (κ3) is 3.03. The summed E-state index contributed by atoms with van der Waals surface area (Å²) in [5.74, 6) is -0.868. The van der Waals surface area contributed by atoms with E-state index in [2.05, 4.69) is 15.9 Å². The molecule has 0 unspecified atom stereocenters. The molecule has 0 aliphatic heterocycles. The Balaban J connectivity index is 2.36. The van der Waals surface area contributed by atoms with Crippen molar-refractivity contribution >= 4 is 27.5 Å². The van der Waals surface area contributed by atoms with E-state index in [0.29, 0.717) is 4.47 Å². The molecular formula is C13H10BrFN2O2. The fourth-order valence-electron chi connectivity index (χ4n) is 1.49. The first-order valence-corrected chi connectivity index (χ1v) is 6.09. The number of halogens is 2. The number of carbonyl (C=O) groups is 1. The summed E-state index contributed by atoms with van der Waals surface area (Å²) in [7, 11) is 0. The van der Waals surface area contributed by atoms with Crippen LogP contribution in [0.25, 0.3) is 0 Å². The van der Waals surface area contributed by atoms with Gasteiger partial charge in [0, 0.05) is 10.2 Å². The standard InChI is InChI=1S/C13H10BrFN2O2/c14-7-1-3-10(15)12(5-7)19-8-2-4-11(16)9(6-8)13(17)18/h1-6H,16H2,(H2,17,18). The molecule has 0 fully saturated rings. The number of rotatable bonds is 3. The highest BCUT2D eigenvalue weighted by Gasteiger charge is 2.10. The number of hydrogen-bond donors (Lipinski definition) is 2. The van der Waals surface area contributed by atoms with Crippen LogP contribution in [0.5, 0.6) is 11.5 Å². The second-order valence-electron chi connectivity index (χ2n) is 3.79. The Hall–Kier alpha value is -2.08. The van der Waals surface area contributed by atoms with Crippen molar-refractivity contribution in [3.05, 3.63) is 52.3 Å². The molecular weight excluding hydrogens is 315 g/mol. The van der Waals surface area contributed by atoms with Crippen LogP contribution in [0.3, 0.4) is 0 Å². The summed E-state index contributed by atoms with van der Waals surface area (Å²) in [6.45, 7) is 0. The van der Waals surface area contributed by atoms with Crippen LogP contribution >= 0.6 is 15.9 Å². The summed E-state index contributed by atoms with van der Waals surface area (Å²) >= 11 is 3.22. The predicted octanol–water partition coefficient (Wildman–Crippen LogP) is 3.06. The number of anilines is 1. The van der Waals surface area contributed by atoms with E-state index < -0.39 is 11.7 Å². The highest BCUT2D eigenvalue weighted by atomic mass is 79.9. The van der Waals surface area contributed by atoms with Crippen molar-refractivity contribution in [1.82, 2.24) is 0 Å². The van der Waals surface area contributed by atoms with E-state index in [1.807, 2.05) is 0 Å². The van der Waals surface area contributed by atoms with Gasteiger partial charge in [0.1, 0.15) is 5.75 Å². The number of carbonyl (C=O) groups excluding carboxylic acids is 1. The summed E-state index contributed by atoms with van der Waals surface area (Å²) in [6.07, 6.45) is 0. The SMILES string of the molecule is NC(=O)c1cc(Oc2cc(Br)ccc2F)ccc1N. The topological polar surface area (TPSA) is 78.3 Å². The quantitative estimate of drug-likeness (QED) is 0.851. The Morgan fingerprint density at radius 2 is 1.95 bits per heavy atom. The third-order valence-corrected chi connectivity index (χ3v) is 2.90. The second-order valence-corrected chi connectivity index (χ2v) is 4.71. The van der Waals surface area contributed by atoms with Gasteiger partial charge >= 0.3 is 0 Å². The maximum atomic E-state index is 13.5.